The first-order valence-electron chi connectivity index (χ1n) is 9.32. The molecule has 0 bridgehead atoms. The average Bonchev–Trinajstić information content (AvgIpc) is 2.66. The zero-order chi connectivity index (χ0) is 19.0. The highest BCUT2D eigenvalue weighted by atomic mass is 32.2. The summed E-state index contributed by atoms with van der Waals surface area (Å²) in [5.41, 5.74) is 0.0359. The van der Waals surface area contributed by atoms with E-state index in [0.717, 1.165) is 19.6 Å². The van der Waals surface area contributed by atoms with E-state index in [0.29, 0.717) is 17.4 Å². The van der Waals surface area contributed by atoms with Gasteiger partial charge in [0.25, 0.3) is 0 Å². The molecule has 0 unspecified atom stereocenters. The fraction of sp³-hybridized carbons (Fsp3) is 0.632. The fourth-order valence-electron chi connectivity index (χ4n) is 3.18. The minimum atomic E-state index is -3.28. The van der Waals surface area contributed by atoms with Crippen LogP contribution in [0.5, 0.6) is 0 Å². The molecule has 1 saturated heterocycles. The number of guanidine groups is 1. The molecule has 2 rings (SSSR count). The van der Waals surface area contributed by atoms with Crippen molar-refractivity contribution in [3.05, 3.63) is 30.3 Å². The predicted molar refractivity (Wildman–Crippen MR) is 107 cm³/mol. The first kappa shape index (κ1) is 20.7. The Morgan fingerprint density at radius 1 is 1.12 bits per heavy atom. The maximum Gasteiger partial charge on any atom is 0.191 e. The molecule has 6 nitrogen and oxygen atoms in total. The van der Waals surface area contributed by atoms with Crippen LogP contribution in [0.4, 0.5) is 0 Å². The van der Waals surface area contributed by atoms with Crippen LogP contribution in [0.2, 0.25) is 0 Å². The van der Waals surface area contributed by atoms with E-state index in [4.69, 9.17) is 0 Å². The monoisotopic (exact) mass is 380 g/mol. The first-order chi connectivity index (χ1) is 12.3. The van der Waals surface area contributed by atoms with Crippen molar-refractivity contribution in [2.75, 3.05) is 39.0 Å². The molecule has 1 aromatic rings. The molecule has 1 aliphatic heterocycles. The zero-order valence-electron chi connectivity index (χ0n) is 16.2. The van der Waals surface area contributed by atoms with Gasteiger partial charge in [0.15, 0.2) is 15.8 Å². The largest absolute Gasteiger partial charge is 0.355 e. The highest BCUT2D eigenvalue weighted by Crippen LogP contribution is 2.19. The Bertz CT molecular complexity index is 681. The summed E-state index contributed by atoms with van der Waals surface area (Å²) in [4.78, 5) is 7.08. The summed E-state index contributed by atoms with van der Waals surface area (Å²) < 4.78 is 24.6. The van der Waals surface area contributed by atoms with Gasteiger partial charge in [-0.15, -0.1) is 0 Å². The molecule has 0 saturated carbocycles. The number of sulfone groups is 1. The van der Waals surface area contributed by atoms with E-state index in [1.807, 2.05) is 6.07 Å². The van der Waals surface area contributed by atoms with Crippen LogP contribution < -0.4 is 10.6 Å². The second-order valence-corrected chi connectivity index (χ2v) is 9.45. The third-order valence-electron chi connectivity index (χ3n) is 4.89. The SMILES string of the molecule is CN=C(NCCS(=O)(=O)c1ccccc1)NCC(C)(C)N1CCCCC1. The van der Waals surface area contributed by atoms with Crippen molar-refractivity contribution in [2.45, 2.75) is 43.5 Å². The van der Waals surface area contributed by atoms with E-state index in [-0.39, 0.29) is 11.3 Å². The van der Waals surface area contributed by atoms with Crippen LogP contribution in [0.3, 0.4) is 0 Å². The van der Waals surface area contributed by atoms with Crippen LogP contribution in [-0.4, -0.2) is 63.8 Å². The number of hydrogen-bond donors (Lipinski definition) is 2. The molecular formula is C19H32N4O2S. The molecule has 1 heterocycles. The molecule has 1 aliphatic rings. The Labute approximate surface area is 158 Å². The molecule has 0 amide bonds. The number of aliphatic imine (C=N–C) groups is 1. The molecule has 1 aromatic carbocycles. The minimum Gasteiger partial charge on any atom is -0.355 e. The van der Waals surface area contributed by atoms with E-state index >= 15 is 0 Å². The molecule has 0 atom stereocenters. The standard InChI is InChI=1S/C19H32N4O2S/c1-19(2,23-13-8-5-9-14-23)16-22-18(20-3)21-12-15-26(24,25)17-10-6-4-7-11-17/h4,6-7,10-11H,5,8-9,12-16H2,1-3H3,(H2,20,21,22). The van der Waals surface area contributed by atoms with Gasteiger partial charge in [0.05, 0.1) is 10.6 Å². The number of likely N-dealkylation sites (tertiary alicyclic amines) is 1. The summed E-state index contributed by atoms with van der Waals surface area (Å²) in [7, 11) is -1.57. The lowest BCUT2D eigenvalue weighted by Gasteiger charge is -2.41. The van der Waals surface area contributed by atoms with Crippen LogP contribution in [0.25, 0.3) is 0 Å². The van der Waals surface area contributed by atoms with Crippen molar-refractivity contribution >= 4 is 15.8 Å². The van der Waals surface area contributed by atoms with Crippen LogP contribution in [0.1, 0.15) is 33.1 Å². The van der Waals surface area contributed by atoms with E-state index < -0.39 is 9.84 Å². The third kappa shape index (κ3) is 5.99. The minimum absolute atomic E-state index is 0.0350. The average molecular weight is 381 g/mol. The van der Waals surface area contributed by atoms with Gasteiger partial charge in [-0.05, 0) is 51.9 Å². The first-order valence-corrected chi connectivity index (χ1v) is 11.0. The molecule has 26 heavy (non-hydrogen) atoms. The summed E-state index contributed by atoms with van der Waals surface area (Å²) in [5, 5.41) is 6.45. The molecule has 0 aromatic heterocycles. The van der Waals surface area contributed by atoms with Gasteiger partial charge < -0.3 is 10.6 Å². The smallest absolute Gasteiger partial charge is 0.191 e. The zero-order valence-corrected chi connectivity index (χ0v) is 17.0. The van der Waals surface area contributed by atoms with Gasteiger partial charge in [-0.1, -0.05) is 24.6 Å². The Morgan fingerprint density at radius 2 is 1.77 bits per heavy atom. The van der Waals surface area contributed by atoms with Crippen molar-refractivity contribution in [3.8, 4) is 0 Å². The Balaban J connectivity index is 1.80. The molecule has 1 fully saturated rings. The molecule has 2 N–H and O–H groups in total. The second kappa shape index (κ2) is 9.37. The molecule has 0 radical (unpaired) electrons. The highest BCUT2D eigenvalue weighted by Gasteiger charge is 2.27. The van der Waals surface area contributed by atoms with Crippen LogP contribution in [-0.2, 0) is 9.84 Å². The number of nitrogens with zero attached hydrogens (tertiary/aromatic N) is 2. The van der Waals surface area contributed by atoms with Crippen molar-refractivity contribution in [3.63, 3.8) is 0 Å². The van der Waals surface area contributed by atoms with Crippen molar-refractivity contribution in [1.82, 2.24) is 15.5 Å². The Hall–Kier alpha value is -1.60. The van der Waals surface area contributed by atoms with Gasteiger partial charge in [0.2, 0.25) is 0 Å². The summed E-state index contributed by atoms with van der Waals surface area (Å²) in [6.45, 7) is 7.82. The fourth-order valence-corrected chi connectivity index (χ4v) is 4.36. The van der Waals surface area contributed by atoms with Gasteiger partial charge in [-0.25, -0.2) is 8.42 Å². The van der Waals surface area contributed by atoms with Gasteiger partial charge >= 0.3 is 0 Å². The van der Waals surface area contributed by atoms with Crippen LogP contribution in [0, 0.1) is 0 Å². The summed E-state index contributed by atoms with van der Waals surface area (Å²) >= 11 is 0. The van der Waals surface area contributed by atoms with Crippen molar-refractivity contribution in [1.29, 1.82) is 0 Å². The highest BCUT2D eigenvalue weighted by molar-refractivity contribution is 7.91. The molecule has 0 spiro atoms. The van der Waals surface area contributed by atoms with E-state index in [1.165, 1.54) is 19.3 Å². The van der Waals surface area contributed by atoms with E-state index in [9.17, 15) is 8.42 Å². The quantitative estimate of drug-likeness (QED) is 0.558. The summed E-state index contributed by atoms with van der Waals surface area (Å²) in [6, 6.07) is 8.55. The number of hydrogen-bond acceptors (Lipinski definition) is 4. The number of nitrogens with one attached hydrogen (secondary N) is 2. The van der Waals surface area contributed by atoms with Crippen LogP contribution in [0.15, 0.2) is 40.2 Å². The summed E-state index contributed by atoms with van der Waals surface area (Å²) in [6.07, 6.45) is 3.83. The van der Waals surface area contributed by atoms with Gasteiger partial charge in [-0.3, -0.25) is 9.89 Å². The second-order valence-electron chi connectivity index (χ2n) is 7.34. The van der Waals surface area contributed by atoms with E-state index in [1.54, 1.807) is 31.3 Å². The molecule has 0 aliphatic carbocycles. The number of piperidine rings is 1. The lowest BCUT2D eigenvalue weighted by atomic mass is 9.98. The Kier molecular flexibility index (Phi) is 7.46. The number of benzene rings is 1. The normalized spacial score (nSPS) is 17.1. The summed E-state index contributed by atoms with van der Waals surface area (Å²) in [5.74, 6) is 0.672. The third-order valence-corrected chi connectivity index (χ3v) is 6.62. The van der Waals surface area contributed by atoms with Crippen LogP contribution >= 0.6 is 0 Å². The lowest BCUT2D eigenvalue weighted by molar-refractivity contribution is 0.0982. The Morgan fingerprint density at radius 3 is 2.38 bits per heavy atom. The van der Waals surface area contributed by atoms with Gasteiger partial charge in [0.1, 0.15) is 0 Å². The van der Waals surface area contributed by atoms with Crippen molar-refractivity contribution in [2.24, 2.45) is 4.99 Å². The molecule has 7 heteroatoms. The van der Waals surface area contributed by atoms with Gasteiger partial charge in [-0.2, -0.15) is 0 Å². The molecular weight excluding hydrogens is 348 g/mol. The number of rotatable bonds is 7. The maximum absolute atomic E-state index is 12.3. The van der Waals surface area contributed by atoms with Crippen molar-refractivity contribution < 1.29 is 8.42 Å². The topological polar surface area (TPSA) is 73.8 Å². The van der Waals surface area contributed by atoms with E-state index in [2.05, 4.69) is 34.4 Å². The molecule has 146 valence electrons. The predicted octanol–water partition coefficient (Wildman–Crippen LogP) is 1.89. The lowest BCUT2D eigenvalue weighted by Crippen LogP contribution is -2.55. The van der Waals surface area contributed by atoms with Gasteiger partial charge in [0, 0.05) is 25.7 Å². The maximum atomic E-state index is 12.3.